The number of nitrogens with zero attached hydrogens (tertiary/aromatic N) is 1. The number of carbonyl (C=O) groups excluding carboxylic acids is 1. The van der Waals surface area contributed by atoms with E-state index < -0.39 is 0 Å². The first-order chi connectivity index (χ1) is 8.63. The van der Waals surface area contributed by atoms with Crippen LogP contribution in [0.2, 0.25) is 0 Å². The third-order valence-electron chi connectivity index (χ3n) is 2.49. The zero-order valence-electron chi connectivity index (χ0n) is 10.9. The van der Waals surface area contributed by atoms with E-state index in [0.29, 0.717) is 19.7 Å². The maximum Gasteiger partial charge on any atom is 0.246 e. The van der Waals surface area contributed by atoms with Gasteiger partial charge in [0, 0.05) is 19.7 Å². The maximum absolute atomic E-state index is 11.5. The summed E-state index contributed by atoms with van der Waals surface area (Å²) in [6.07, 6.45) is 3.12. The third-order valence-corrected chi connectivity index (χ3v) is 2.49. The Bertz CT molecular complexity index is 399. The van der Waals surface area contributed by atoms with Gasteiger partial charge in [-0.2, -0.15) is 0 Å². The Morgan fingerprint density at radius 2 is 2.06 bits per heavy atom. The summed E-state index contributed by atoms with van der Waals surface area (Å²) < 4.78 is 5.54. The van der Waals surface area contributed by atoms with Crippen LogP contribution in [-0.2, 0) is 4.79 Å². The highest BCUT2D eigenvalue weighted by molar-refractivity contribution is 5.87. The van der Waals surface area contributed by atoms with Crippen molar-refractivity contribution in [1.29, 1.82) is 0 Å². The second-order valence-corrected chi connectivity index (χ2v) is 4.06. The number of nitrogens with two attached hydrogens (primary N) is 1. The molecule has 0 radical (unpaired) electrons. The van der Waals surface area contributed by atoms with Crippen molar-refractivity contribution in [2.45, 2.75) is 6.92 Å². The molecular weight excluding hydrogens is 228 g/mol. The van der Waals surface area contributed by atoms with Gasteiger partial charge in [0.15, 0.2) is 0 Å². The average Bonchev–Trinajstić information content (AvgIpc) is 2.38. The summed E-state index contributed by atoms with van der Waals surface area (Å²) >= 11 is 0. The van der Waals surface area contributed by atoms with Gasteiger partial charge in [-0.05, 0) is 19.1 Å². The van der Waals surface area contributed by atoms with Crippen LogP contribution >= 0.6 is 0 Å². The molecule has 2 N–H and O–H groups in total. The molecule has 0 heterocycles. The number of ether oxygens (including phenoxy) is 1. The number of amides is 1. The van der Waals surface area contributed by atoms with E-state index in [9.17, 15) is 4.79 Å². The molecule has 1 aromatic rings. The number of hydrogen-bond donors (Lipinski definition) is 1. The van der Waals surface area contributed by atoms with Crippen LogP contribution in [0.4, 0.5) is 0 Å². The van der Waals surface area contributed by atoms with Crippen LogP contribution in [0.1, 0.15) is 5.56 Å². The van der Waals surface area contributed by atoms with Crippen molar-refractivity contribution >= 4 is 5.91 Å². The summed E-state index contributed by atoms with van der Waals surface area (Å²) in [5, 5.41) is 0. The Labute approximate surface area is 108 Å². The Hall–Kier alpha value is -1.81. The normalized spacial score (nSPS) is 10.6. The number of hydrogen-bond acceptors (Lipinski definition) is 3. The number of carbonyl (C=O) groups is 1. The van der Waals surface area contributed by atoms with Crippen molar-refractivity contribution in [3.63, 3.8) is 0 Å². The molecule has 0 aliphatic carbocycles. The highest BCUT2D eigenvalue weighted by Gasteiger charge is 2.04. The summed E-state index contributed by atoms with van der Waals surface area (Å²) in [4.78, 5) is 13.1. The summed E-state index contributed by atoms with van der Waals surface area (Å²) in [6.45, 7) is 3.42. The minimum atomic E-state index is -0.0621. The number of likely N-dealkylation sites (N-methyl/N-ethyl adjacent to an activating group) is 1. The highest BCUT2D eigenvalue weighted by atomic mass is 16.5. The number of benzene rings is 1. The van der Waals surface area contributed by atoms with Crippen molar-refractivity contribution in [2.24, 2.45) is 5.73 Å². The lowest BCUT2D eigenvalue weighted by molar-refractivity contribution is -0.125. The van der Waals surface area contributed by atoms with E-state index in [0.717, 1.165) is 5.75 Å². The molecule has 1 amide bonds. The lowest BCUT2D eigenvalue weighted by Gasteiger charge is -2.15. The second kappa shape index (κ2) is 7.50. The van der Waals surface area contributed by atoms with E-state index in [-0.39, 0.29) is 5.91 Å². The molecule has 98 valence electrons. The Kier molecular flexibility index (Phi) is 5.94. The van der Waals surface area contributed by atoms with E-state index >= 15 is 0 Å². The standard InChI is InChI=1S/C14H20N2O2/c1-12-5-7-13(8-6-12)18-11-10-16(2)14(17)4-3-9-15/h3-8H,9-11,15H2,1-2H3/b4-3+. The van der Waals surface area contributed by atoms with Gasteiger partial charge in [0.1, 0.15) is 12.4 Å². The van der Waals surface area contributed by atoms with Gasteiger partial charge < -0.3 is 15.4 Å². The van der Waals surface area contributed by atoms with E-state index in [2.05, 4.69) is 0 Å². The van der Waals surface area contributed by atoms with Gasteiger partial charge in [-0.25, -0.2) is 0 Å². The van der Waals surface area contributed by atoms with E-state index in [4.69, 9.17) is 10.5 Å². The largest absolute Gasteiger partial charge is 0.492 e. The van der Waals surface area contributed by atoms with Gasteiger partial charge in [-0.15, -0.1) is 0 Å². The van der Waals surface area contributed by atoms with Crippen LogP contribution < -0.4 is 10.5 Å². The zero-order valence-corrected chi connectivity index (χ0v) is 10.9. The average molecular weight is 248 g/mol. The molecule has 0 saturated heterocycles. The quantitative estimate of drug-likeness (QED) is 0.773. The molecule has 0 fully saturated rings. The molecule has 0 saturated carbocycles. The van der Waals surface area contributed by atoms with Crippen molar-refractivity contribution in [1.82, 2.24) is 4.90 Å². The van der Waals surface area contributed by atoms with Gasteiger partial charge in [-0.1, -0.05) is 23.8 Å². The van der Waals surface area contributed by atoms with Crippen LogP contribution in [-0.4, -0.2) is 37.6 Å². The van der Waals surface area contributed by atoms with Crippen LogP contribution in [0.15, 0.2) is 36.4 Å². The first-order valence-corrected chi connectivity index (χ1v) is 5.94. The Balaban J connectivity index is 2.31. The smallest absolute Gasteiger partial charge is 0.246 e. The summed E-state index contributed by atoms with van der Waals surface area (Å²) in [5.74, 6) is 0.756. The fourth-order valence-electron chi connectivity index (χ4n) is 1.34. The molecule has 0 aliphatic heterocycles. The summed E-state index contributed by atoms with van der Waals surface area (Å²) in [6, 6.07) is 7.83. The summed E-state index contributed by atoms with van der Waals surface area (Å²) in [5.41, 5.74) is 6.48. The Morgan fingerprint density at radius 1 is 1.39 bits per heavy atom. The predicted molar refractivity (Wildman–Crippen MR) is 72.5 cm³/mol. The monoisotopic (exact) mass is 248 g/mol. The molecule has 0 aliphatic rings. The van der Waals surface area contributed by atoms with Crippen molar-refractivity contribution in [3.8, 4) is 5.75 Å². The minimum Gasteiger partial charge on any atom is -0.492 e. The van der Waals surface area contributed by atoms with E-state index in [1.165, 1.54) is 11.6 Å². The van der Waals surface area contributed by atoms with E-state index in [1.807, 2.05) is 31.2 Å². The third kappa shape index (κ3) is 5.01. The van der Waals surface area contributed by atoms with Gasteiger partial charge in [-0.3, -0.25) is 4.79 Å². The maximum atomic E-state index is 11.5. The molecule has 0 spiro atoms. The molecule has 1 rings (SSSR count). The van der Waals surface area contributed by atoms with Crippen molar-refractivity contribution < 1.29 is 9.53 Å². The minimum absolute atomic E-state index is 0.0621. The lowest BCUT2D eigenvalue weighted by Crippen LogP contribution is -2.29. The van der Waals surface area contributed by atoms with Gasteiger partial charge >= 0.3 is 0 Å². The molecule has 0 aromatic heterocycles. The SMILES string of the molecule is Cc1ccc(OCCN(C)C(=O)/C=C/CN)cc1. The van der Waals surface area contributed by atoms with Crippen LogP contribution in [0.3, 0.4) is 0 Å². The molecule has 4 heteroatoms. The predicted octanol–water partition coefficient (Wildman–Crippen LogP) is 1.35. The first kappa shape index (κ1) is 14.3. The number of rotatable bonds is 6. The molecule has 0 unspecified atom stereocenters. The van der Waals surface area contributed by atoms with Crippen LogP contribution in [0, 0.1) is 6.92 Å². The zero-order chi connectivity index (χ0) is 13.4. The van der Waals surface area contributed by atoms with Gasteiger partial charge in [0.25, 0.3) is 0 Å². The molecule has 0 bridgehead atoms. The fraction of sp³-hybridized carbons (Fsp3) is 0.357. The second-order valence-electron chi connectivity index (χ2n) is 4.06. The van der Waals surface area contributed by atoms with Crippen molar-refractivity contribution in [3.05, 3.63) is 42.0 Å². The molecule has 1 aromatic carbocycles. The molecule has 0 atom stereocenters. The first-order valence-electron chi connectivity index (χ1n) is 5.94. The number of aryl methyl sites for hydroxylation is 1. The molecule has 18 heavy (non-hydrogen) atoms. The van der Waals surface area contributed by atoms with Gasteiger partial charge in [0.05, 0.1) is 6.54 Å². The topological polar surface area (TPSA) is 55.6 Å². The highest BCUT2D eigenvalue weighted by Crippen LogP contribution is 2.10. The van der Waals surface area contributed by atoms with E-state index in [1.54, 1.807) is 18.0 Å². The van der Waals surface area contributed by atoms with Crippen molar-refractivity contribution in [2.75, 3.05) is 26.7 Å². The van der Waals surface area contributed by atoms with Crippen LogP contribution in [0.25, 0.3) is 0 Å². The van der Waals surface area contributed by atoms with Crippen LogP contribution in [0.5, 0.6) is 5.75 Å². The van der Waals surface area contributed by atoms with Gasteiger partial charge in [0.2, 0.25) is 5.91 Å². The lowest BCUT2D eigenvalue weighted by atomic mass is 10.2. The molecular formula is C14H20N2O2. The summed E-state index contributed by atoms with van der Waals surface area (Å²) in [7, 11) is 1.74. The molecule has 4 nitrogen and oxygen atoms in total. The fourth-order valence-corrected chi connectivity index (χ4v) is 1.34. The Morgan fingerprint density at radius 3 is 2.67 bits per heavy atom.